The second-order valence-electron chi connectivity index (χ2n) is 10.6. The van der Waals surface area contributed by atoms with Crippen molar-refractivity contribution in [1.29, 1.82) is 0 Å². The smallest absolute Gasteiger partial charge is 0.408 e. The maximum Gasteiger partial charge on any atom is 0.408 e. The van der Waals surface area contributed by atoms with Crippen molar-refractivity contribution < 1.29 is 33.6 Å². The first-order chi connectivity index (χ1) is 12.9. The van der Waals surface area contributed by atoms with E-state index in [1.54, 1.807) is 34.6 Å². The third-order valence-electron chi connectivity index (χ3n) is 5.28. The summed E-state index contributed by atoms with van der Waals surface area (Å²) >= 11 is 0. The summed E-state index contributed by atoms with van der Waals surface area (Å²) in [6.45, 7) is 19.2. The minimum absolute atomic E-state index is 0.0241. The molecule has 0 saturated carbocycles. The highest BCUT2D eigenvalue weighted by atomic mass is 28.4. The summed E-state index contributed by atoms with van der Waals surface area (Å²) in [4.78, 5) is 12.3. The van der Waals surface area contributed by atoms with E-state index in [9.17, 15) is 15.0 Å². The number of nitrogens with one attached hydrogen (secondary N) is 1. The van der Waals surface area contributed by atoms with E-state index in [-0.39, 0.29) is 11.6 Å². The molecule has 0 aliphatic carbocycles. The molecule has 0 aromatic rings. The van der Waals surface area contributed by atoms with E-state index in [1.165, 1.54) is 0 Å². The first kappa shape index (κ1) is 26.3. The van der Waals surface area contributed by atoms with Gasteiger partial charge < -0.3 is 34.2 Å². The molecule has 0 unspecified atom stereocenters. The number of rotatable bonds is 7. The zero-order chi connectivity index (χ0) is 22.8. The Morgan fingerprint density at radius 1 is 1.17 bits per heavy atom. The Morgan fingerprint density at radius 3 is 2.17 bits per heavy atom. The lowest BCUT2D eigenvalue weighted by Crippen LogP contribution is -2.57. The molecule has 9 heteroatoms. The number of hydrogen-bond donors (Lipinski definition) is 3. The molecule has 29 heavy (non-hydrogen) atoms. The Morgan fingerprint density at radius 2 is 1.72 bits per heavy atom. The standard InChI is InChI=1S/C20H41NO7Si/c1-18(2,3)28-17(24)21-15(13(23)11-22)16-14(26-20(7,8)27-16)12-25-29(9,10)19(4,5)6/h13-16,22-23H,11-12H2,1-10H3,(H,21,24)/t13-,14+,15-,16-/m1/s1. The van der Waals surface area contributed by atoms with Crippen molar-refractivity contribution in [1.82, 2.24) is 5.32 Å². The van der Waals surface area contributed by atoms with E-state index >= 15 is 0 Å². The Hall–Kier alpha value is -0.713. The quantitative estimate of drug-likeness (QED) is 0.528. The second kappa shape index (κ2) is 9.19. The molecule has 8 nitrogen and oxygen atoms in total. The van der Waals surface area contributed by atoms with Crippen LogP contribution < -0.4 is 5.32 Å². The highest BCUT2D eigenvalue weighted by Gasteiger charge is 2.49. The van der Waals surface area contributed by atoms with Gasteiger partial charge in [-0.1, -0.05) is 20.8 Å². The molecule has 1 amide bonds. The van der Waals surface area contributed by atoms with Crippen LogP contribution in [0.15, 0.2) is 0 Å². The van der Waals surface area contributed by atoms with E-state index < -0.39 is 56.8 Å². The average molecular weight is 436 g/mol. The fourth-order valence-electron chi connectivity index (χ4n) is 2.76. The van der Waals surface area contributed by atoms with Gasteiger partial charge in [-0.15, -0.1) is 0 Å². The lowest BCUT2D eigenvalue weighted by Gasteiger charge is -2.38. The van der Waals surface area contributed by atoms with Gasteiger partial charge in [0.25, 0.3) is 0 Å². The zero-order valence-corrected chi connectivity index (χ0v) is 20.7. The molecule has 3 N–H and O–H groups in total. The maximum atomic E-state index is 12.3. The van der Waals surface area contributed by atoms with Gasteiger partial charge in [0.1, 0.15) is 17.8 Å². The third kappa shape index (κ3) is 7.80. The minimum Gasteiger partial charge on any atom is -0.444 e. The van der Waals surface area contributed by atoms with Gasteiger partial charge in [-0.25, -0.2) is 4.79 Å². The predicted octanol–water partition coefficient (Wildman–Crippen LogP) is 2.77. The molecular formula is C20H41NO7Si. The summed E-state index contributed by atoms with van der Waals surface area (Å²) in [6.07, 6.45) is -3.20. The summed E-state index contributed by atoms with van der Waals surface area (Å²) in [5.74, 6) is -0.921. The Balaban J connectivity index is 3.02. The summed E-state index contributed by atoms with van der Waals surface area (Å²) in [6, 6.07) is -0.926. The van der Waals surface area contributed by atoms with Crippen LogP contribution in [0.4, 0.5) is 4.79 Å². The van der Waals surface area contributed by atoms with E-state index in [0.29, 0.717) is 0 Å². The van der Waals surface area contributed by atoms with Crippen molar-refractivity contribution in [2.45, 2.75) is 109 Å². The van der Waals surface area contributed by atoms with Crippen LogP contribution in [0, 0.1) is 0 Å². The molecule has 0 aromatic heterocycles. The van der Waals surface area contributed by atoms with Gasteiger partial charge in [-0.2, -0.15) is 0 Å². The largest absolute Gasteiger partial charge is 0.444 e. The van der Waals surface area contributed by atoms with Crippen LogP contribution in [-0.4, -0.2) is 73.6 Å². The molecule has 172 valence electrons. The van der Waals surface area contributed by atoms with E-state index in [4.69, 9.17) is 18.6 Å². The Kier molecular flexibility index (Phi) is 8.34. The van der Waals surface area contributed by atoms with Crippen LogP contribution in [0.5, 0.6) is 0 Å². The Labute approximate surface area is 176 Å². The molecule has 1 saturated heterocycles. The molecule has 1 heterocycles. The maximum absolute atomic E-state index is 12.3. The van der Waals surface area contributed by atoms with Gasteiger partial charge in [-0.05, 0) is 52.8 Å². The lowest BCUT2D eigenvalue weighted by atomic mass is 10.0. The average Bonchev–Trinajstić information content (AvgIpc) is 2.82. The SMILES string of the molecule is CC(C)(C)OC(=O)N[C@@H]([C@@H]1OC(C)(C)O[C@H]1CO[Si](C)(C)C(C)(C)C)[C@H](O)CO. The Bertz CT molecular complexity index is 554. The molecule has 0 spiro atoms. The van der Waals surface area contributed by atoms with Crippen molar-refractivity contribution in [3.63, 3.8) is 0 Å². The fourth-order valence-corrected chi connectivity index (χ4v) is 3.77. The van der Waals surface area contributed by atoms with Gasteiger partial charge in [0.2, 0.25) is 0 Å². The summed E-state index contributed by atoms with van der Waals surface area (Å²) in [7, 11) is -2.04. The van der Waals surface area contributed by atoms with Gasteiger partial charge in [0.15, 0.2) is 14.1 Å². The van der Waals surface area contributed by atoms with Crippen LogP contribution in [0.25, 0.3) is 0 Å². The molecular weight excluding hydrogens is 394 g/mol. The fraction of sp³-hybridized carbons (Fsp3) is 0.950. The van der Waals surface area contributed by atoms with E-state index in [0.717, 1.165) is 0 Å². The normalized spacial score (nSPS) is 24.8. The van der Waals surface area contributed by atoms with Crippen molar-refractivity contribution in [3.05, 3.63) is 0 Å². The number of hydrogen-bond acceptors (Lipinski definition) is 7. The van der Waals surface area contributed by atoms with Crippen LogP contribution in [-0.2, 0) is 18.6 Å². The number of carbonyl (C=O) groups excluding carboxylic acids is 1. The lowest BCUT2D eigenvalue weighted by molar-refractivity contribution is -0.153. The first-order valence-electron chi connectivity index (χ1n) is 10.2. The molecule has 1 rings (SSSR count). The molecule has 4 atom stereocenters. The summed E-state index contributed by atoms with van der Waals surface area (Å²) < 4.78 is 23.6. The van der Waals surface area contributed by atoms with Crippen LogP contribution in [0.3, 0.4) is 0 Å². The van der Waals surface area contributed by atoms with E-state index in [2.05, 4.69) is 39.2 Å². The van der Waals surface area contributed by atoms with E-state index in [1.807, 2.05) is 0 Å². The number of amides is 1. The number of aliphatic hydroxyl groups excluding tert-OH is 2. The van der Waals surface area contributed by atoms with Gasteiger partial charge in [0.05, 0.1) is 25.4 Å². The topological polar surface area (TPSA) is 106 Å². The molecule has 0 aromatic carbocycles. The molecule has 0 radical (unpaired) electrons. The summed E-state index contributed by atoms with van der Waals surface area (Å²) in [5.41, 5.74) is -0.698. The molecule has 0 bridgehead atoms. The van der Waals surface area contributed by atoms with Crippen molar-refractivity contribution in [2.24, 2.45) is 0 Å². The third-order valence-corrected chi connectivity index (χ3v) is 9.78. The van der Waals surface area contributed by atoms with Crippen LogP contribution in [0.2, 0.25) is 18.1 Å². The highest BCUT2D eigenvalue weighted by molar-refractivity contribution is 6.74. The first-order valence-corrected chi connectivity index (χ1v) is 13.1. The van der Waals surface area contributed by atoms with Crippen molar-refractivity contribution in [2.75, 3.05) is 13.2 Å². The van der Waals surface area contributed by atoms with Crippen molar-refractivity contribution in [3.8, 4) is 0 Å². The summed E-state index contributed by atoms with van der Waals surface area (Å²) in [5, 5.41) is 22.6. The number of alkyl carbamates (subject to hydrolysis) is 1. The second-order valence-corrected chi connectivity index (χ2v) is 15.4. The molecule has 1 aliphatic heterocycles. The van der Waals surface area contributed by atoms with Gasteiger partial charge in [-0.3, -0.25) is 0 Å². The monoisotopic (exact) mass is 435 g/mol. The predicted molar refractivity (Wildman–Crippen MR) is 113 cm³/mol. The number of carbonyl (C=O) groups is 1. The van der Waals surface area contributed by atoms with Gasteiger partial charge in [0, 0.05) is 0 Å². The molecule has 1 aliphatic rings. The van der Waals surface area contributed by atoms with Crippen LogP contribution >= 0.6 is 0 Å². The van der Waals surface area contributed by atoms with Crippen molar-refractivity contribution >= 4 is 14.4 Å². The zero-order valence-electron chi connectivity index (χ0n) is 19.7. The minimum atomic E-state index is -2.04. The highest BCUT2D eigenvalue weighted by Crippen LogP contribution is 2.38. The van der Waals surface area contributed by atoms with Gasteiger partial charge >= 0.3 is 6.09 Å². The number of aliphatic hydroxyl groups is 2. The van der Waals surface area contributed by atoms with Crippen LogP contribution in [0.1, 0.15) is 55.4 Å². The number of ether oxygens (including phenoxy) is 3. The molecule has 1 fully saturated rings.